The summed E-state index contributed by atoms with van der Waals surface area (Å²) in [5.74, 6) is 0.120. The van der Waals surface area contributed by atoms with Crippen LogP contribution in [0, 0.1) is 6.92 Å². The number of aromatic nitrogens is 2. The Balaban J connectivity index is 1.72. The molecule has 4 aromatic rings. The Morgan fingerprint density at radius 1 is 1.06 bits per heavy atom. The molecule has 4 rings (SSSR count). The van der Waals surface area contributed by atoms with Gasteiger partial charge in [-0.15, -0.1) is 0 Å². The summed E-state index contributed by atoms with van der Waals surface area (Å²) in [5, 5.41) is 3.97. The summed E-state index contributed by atoms with van der Waals surface area (Å²) in [5.41, 5.74) is 4.03. The van der Waals surface area contributed by atoms with E-state index in [9.17, 15) is 9.59 Å². The lowest BCUT2D eigenvalue weighted by Gasteiger charge is -2.18. The van der Waals surface area contributed by atoms with E-state index in [4.69, 9.17) is 4.98 Å². The Bertz CT molecular complexity index is 1430. The highest BCUT2D eigenvalue weighted by Gasteiger charge is 2.18. The van der Waals surface area contributed by atoms with Gasteiger partial charge in [-0.05, 0) is 86.2 Å². The summed E-state index contributed by atoms with van der Waals surface area (Å²) in [7, 11) is 0. The minimum atomic E-state index is -0.193. The third kappa shape index (κ3) is 5.14. The fourth-order valence-corrected chi connectivity index (χ4v) is 6.15. The molecule has 0 radical (unpaired) electrons. The Kier molecular flexibility index (Phi) is 7.60. The minimum Gasteiger partial charge on any atom is -0.323 e. The first kappa shape index (κ1) is 24.7. The van der Waals surface area contributed by atoms with Gasteiger partial charge in [-0.3, -0.25) is 14.2 Å². The first-order valence-corrected chi connectivity index (χ1v) is 13.3. The largest absolute Gasteiger partial charge is 0.323 e. The molecule has 8 heteroatoms. The molecule has 0 aliphatic carbocycles. The third-order valence-corrected chi connectivity index (χ3v) is 7.52. The zero-order valence-electron chi connectivity index (χ0n) is 18.9. The fourth-order valence-electron chi connectivity index (χ4n) is 3.73. The smallest absolute Gasteiger partial charge is 0.266 e. The van der Waals surface area contributed by atoms with Crippen LogP contribution in [0.25, 0.3) is 16.6 Å². The number of nitrogens with zero attached hydrogens (tertiary/aromatic N) is 2. The Hall–Kier alpha value is -2.42. The molecule has 0 aliphatic heterocycles. The summed E-state index contributed by atoms with van der Waals surface area (Å²) < 4.78 is 3.22. The van der Waals surface area contributed by atoms with E-state index < -0.39 is 0 Å². The van der Waals surface area contributed by atoms with Crippen LogP contribution in [0.2, 0.25) is 0 Å². The van der Waals surface area contributed by atoms with Gasteiger partial charge in [0.15, 0.2) is 5.16 Å². The standard InChI is InChI=1S/C26H23Br2N3O2S/c1-15(2)17-8-5-7-11-22(17)31-25(33)18-9-4-6-10-21(18)29-26(31)34-14-23(32)30-24-19(27)12-16(3)13-20(24)28/h4-13,15H,14H2,1-3H3,(H,30,32). The van der Waals surface area contributed by atoms with Crippen LogP contribution < -0.4 is 10.9 Å². The number of aryl methyl sites for hydroxylation is 1. The number of hydrogen-bond acceptors (Lipinski definition) is 4. The van der Waals surface area contributed by atoms with Gasteiger partial charge >= 0.3 is 0 Å². The molecule has 1 N–H and O–H groups in total. The van der Waals surface area contributed by atoms with Crippen molar-refractivity contribution >= 4 is 66.1 Å². The molecule has 3 aromatic carbocycles. The van der Waals surface area contributed by atoms with Crippen molar-refractivity contribution in [3.63, 3.8) is 0 Å². The topological polar surface area (TPSA) is 64.0 Å². The predicted molar refractivity (Wildman–Crippen MR) is 147 cm³/mol. The van der Waals surface area contributed by atoms with E-state index in [2.05, 4.69) is 51.0 Å². The number of halogens is 2. The lowest BCUT2D eigenvalue weighted by atomic mass is 10.0. The highest BCUT2D eigenvalue weighted by Crippen LogP contribution is 2.33. The number of amides is 1. The maximum absolute atomic E-state index is 13.6. The average molecular weight is 601 g/mol. The zero-order chi connectivity index (χ0) is 24.4. The number of hydrogen-bond donors (Lipinski definition) is 1. The maximum Gasteiger partial charge on any atom is 0.266 e. The molecule has 0 atom stereocenters. The number of carbonyl (C=O) groups excluding carboxylic acids is 1. The molecule has 1 aromatic heterocycles. The van der Waals surface area contributed by atoms with E-state index >= 15 is 0 Å². The van der Waals surface area contributed by atoms with Gasteiger partial charge in [0.2, 0.25) is 5.91 Å². The van der Waals surface area contributed by atoms with Gasteiger partial charge in [0.25, 0.3) is 5.56 Å². The average Bonchev–Trinajstić information content (AvgIpc) is 2.80. The van der Waals surface area contributed by atoms with E-state index in [1.807, 2.05) is 61.5 Å². The van der Waals surface area contributed by atoms with E-state index in [-0.39, 0.29) is 23.1 Å². The monoisotopic (exact) mass is 599 g/mol. The minimum absolute atomic E-state index is 0.0986. The predicted octanol–water partition coefficient (Wildman–Crippen LogP) is 7.07. The molecule has 34 heavy (non-hydrogen) atoms. The lowest BCUT2D eigenvalue weighted by molar-refractivity contribution is -0.113. The van der Waals surface area contributed by atoms with Crippen LogP contribution in [0.3, 0.4) is 0 Å². The van der Waals surface area contributed by atoms with E-state index in [0.29, 0.717) is 21.7 Å². The quantitative estimate of drug-likeness (QED) is 0.190. The van der Waals surface area contributed by atoms with Crippen molar-refractivity contribution in [1.29, 1.82) is 0 Å². The molecule has 0 saturated carbocycles. The number of rotatable bonds is 6. The molecule has 174 valence electrons. The molecule has 0 saturated heterocycles. The van der Waals surface area contributed by atoms with Crippen LogP contribution in [-0.2, 0) is 4.79 Å². The summed E-state index contributed by atoms with van der Waals surface area (Å²) >= 11 is 8.27. The van der Waals surface area contributed by atoms with Crippen molar-refractivity contribution in [2.24, 2.45) is 0 Å². The number of benzene rings is 3. The second kappa shape index (κ2) is 10.5. The van der Waals surface area contributed by atoms with Crippen LogP contribution in [0.5, 0.6) is 0 Å². The normalized spacial score (nSPS) is 11.2. The van der Waals surface area contributed by atoms with Crippen LogP contribution in [-0.4, -0.2) is 21.2 Å². The first-order valence-electron chi connectivity index (χ1n) is 10.8. The van der Waals surface area contributed by atoms with Gasteiger partial charge in [0.1, 0.15) is 0 Å². The Morgan fingerprint density at radius 2 is 1.71 bits per heavy atom. The van der Waals surface area contributed by atoms with Crippen molar-refractivity contribution in [2.75, 3.05) is 11.1 Å². The van der Waals surface area contributed by atoms with Gasteiger partial charge in [-0.2, -0.15) is 0 Å². The molecule has 0 unspecified atom stereocenters. The summed E-state index contributed by atoms with van der Waals surface area (Å²) in [6, 6.07) is 19.0. The highest BCUT2D eigenvalue weighted by molar-refractivity contribution is 9.11. The highest BCUT2D eigenvalue weighted by atomic mass is 79.9. The van der Waals surface area contributed by atoms with Crippen molar-refractivity contribution in [2.45, 2.75) is 31.8 Å². The van der Waals surface area contributed by atoms with E-state index in [1.165, 1.54) is 11.8 Å². The van der Waals surface area contributed by atoms with Crippen molar-refractivity contribution in [3.8, 4) is 5.69 Å². The number of nitrogens with one attached hydrogen (secondary N) is 1. The SMILES string of the molecule is Cc1cc(Br)c(NC(=O)CSc2nc3ccccc3c(=O)n2-c2ccccc2C(C)C)c(Br)c1. The molecular formula is C26H23Br2N3O2S. The summed E-state index contributed by atoms with van der Waals surface area (Å²) in [6.07, 6.45) is 0. The number of para-hydroxylation sites is 2. The molecule has 1 amide bonds. The summed E-state index contributed by atoms with van der Waals surface area (Å²) in [6.45, 7) is 6.17. The van der Waals surface area contributed by atoms with Crippen LogP contribution in [0.15, 0.2) is 79.6 Å². The molecule has 5 nitrogen and oxygen atoms in total. The molecule has 0 fully saturated rings. The van der Waals surface area contributed by atoms with Crippen LogP contribution in [0.4, 0.5) is 5.69 Å². The first-order chi connectivity index (χ1) is 16.3. The molecule has 0 spiro atoms. The number of carbonyl (C=O) groups is 1. The molecular weight excluding hydrogens is 578 g/mol. The third-order valence-electron chi connectivity index (χ3n) is 5.33. The van der Waals surface area contributed by atoms with Crippen LogP contribution >= 0.6 is 43.6 Å². The Morgan fingerprint density at radius 3 is 2.41 bits per heavy atom. The zero-order valence-corrected chi connectivity index (χ0v) is 22.9. The van der Waals surface area contributed by atoms with E-state index in [0.717, 1.165) is 25.8 Å². The van der Waals surface area contributed by atoms with Crippen molar-refractivity contribution < 1.29 is 4.79 Å². The van der Waals surface area contributed by atoms with Crippen molar-refractivity contribution in [3.05, 3.63) is 91.1 Å². The van der Waals surface area contributed by atoms with E-state index in [1.54, 1.807) is 10.6 Å². The van der Waals surface area contributed by atoms with Gasteiger partial charge in [0, 0.05) is 8.95 Å². The Labute approximate surface area is 219 Å². The fraction of sp³-hybridized carbons (Fsp3) is 0.192. The molecule has 0 aliphatic rings. The van der Waals surface area contributed by atoms with Crippen molar-refractivity contribution in [1.82, 2.24) is 9.55 Å². The van der Waals surface area contributed by atoms with Gasteiger partial charge in [0.05, 0.1) is 28.0 Å². The lowest BCUT2D eigenvalue weighted by Crippen LogP contribution is -2.24. The maximum atomic E-state index is 13.6. The van der Waals surface area contributed by atoms with Gasteiger partial charge < -0.3 is 5.32 Å². The second-order valence-electron chi connectivity index (χ2n) is 8.21. The number of fused-ring (bicyclic) bond motifs is 1. The van der Waals surface area contributed by atoms with Gasteiger partial charge in [-0.25, -0.2) is 4.98 Å². The van der Waals surface area contributed by atoms with Gasteiger partial charge in [-0.1, -0.05) is 55.9 Å². The van der Waals surface area contributed by atoms with Crippen LogP contribution in [0.1, 0.15) is 30.9 Å². The number of anilines is 1. The second-order valence-corrected chi connectivity index (χ2v) is 10.9. The molecule has 0 bridgehead atoms. The molecule has 1 heterocycles. The number of thioether (sulfide) groups is 1. The summed E-state index contributed by atoms with van der Waals surface area (Å²) in [4.78, 5) is 31.2.